The number of sulfonamides is 1. The largest absolute Gasteiger partial charge is 0.301 e. The second-order valence-corrected chi connectivity index (χ2v) is 7.59. The number of hydrogen-bond donors (Lipinski definition) is 1. The van der Waals surface area contributed by atoms with E-state index in [4.69, 9.17) is 11.6 Å². The second kappa shape index (κ2) is 6.27. The monoisotopic (exact) mass is 347 g/mol. The molecular weight excluding hydrogens is 334 g/mol. The van der Waals surface area contributed by atoms with Gasteiger partial charge in [0, 0.05) is 13.6 Å². The summed E-state index contributed by atoms with van der Waals surface area (Å²) in [5.74, 6) is -0.508. The number of rotatable bonds is 5. The van der Waals surface area contributed by atoms with Crippen LogP contribution in [-0.2, 0) is 14.8 Å². The van der Waals surface area contributed by atoms with E-state index in [0.29, 0.717) is 21.9 Å². The Hall–Kier alpha value is -1.22. The number of amides is 1. The van der Waals surface area contributed by atoms with Crippen molar-refractivity contribution < 1.29 is 13.2 Å². The number of alkyl halides is 1. The molecule has 2 rings (SSSR count). The van der Waals surface area contributed by atoms with Gasteiger partial charge in [0.2, 0.25) is 15.9 Å². The van der Waals surface area contributed by atoms with Crippen molar-refractivity contribution in [3.05, 3.63) is 18.2 Å². The first-order chi connectivity index (χ1) is 9.88. The lowest BCUT2D eigenvalue weighted by Crippen LogP contribution is -2.26. The molecule has 1 aromatic carbocycles. The molecule has 0 aliphatic carbocycles. The number of thiazole rings is 1. The van der Waals surface area contributed by atoms with Crippen molar-refractivity contribution in [1.29, 1.82) is 0 Å². The molecule has 0 unspecified atom stereocenters. The van der Waals surface area contributed by atoms with E-state index < -0.39 is 10.0 Å². The third kappa shape index (κ3) is 3.34. The molecule has 0 fully saturated rings. The highest BCUT2D eigenvalue weighted by Crippen LogP contribution is 2.29. The number of carbonyl (C=O) groups excluding carboxylic acids is 1. The summed E-state index contributed by atoms with van der Waals surface area (Å²) >= 11 is 6.62. The number of anilines is 1. The fourth-order valence-electron chi connectivity index (χ4n) is 1.62. The molecule has 0 spiro atoms. The Morgan fingerprint density at radius 1 is 1.48 bits per heavy atom. The zero-order valence-electron chi connectivity index (χ0n) is 11.5. The summed E-state index contributed by atoms with van der Waals surface area (Å²) in [6, 6.07) is 4.69. The van der Waals surface area contributed by atoms with E-state index in [1.807, 2.05) is 0 Å². The third-order valence-corrected chi connectivity index (χ3v) is 5.99. The van der Waals surface area contributed by atoms with E-state index in [0.717, 1.165) is 0 Å². The minimum absolute atomic E-state index is 0.156. The molecule has 0 aliphatic rings. The number of nitrogens with one attached hydrogen (secondary N) is 1. The molecule has 0 aliphatic heterocycles. The Kier molecular flexibility index (Phi) is 4.82. The molecule has 9 heteroatoms. The second-order valence-electron chi connectivity index (χ2n) is 4.25. The molecule has 114 valence electrons. The predicted molar refractivity (Wildman–Crippen MR) is 84.5 cm³/mol. The van der Waals surface area contributed by atoms with Crippen LogP contribution in [0.25, 0.3) is 10.2 Å². The summed E-state index contributed by atoms with van der Waals surface area (Å²) in [5.41, 5.74) is 0.628. The van der Waals surface area contributed by atoms with Crippen molar-refractivity contribution in [2.75, 3.05) is 24.8 Å². The lowest BCUT2D eigenvalue weighted by molar-refractivity contribution is -0.113. The van der Waals surface area contributed by atoms with Gasteiger partial charge in [-0.3, -0.25) is 4.79 Å². The summed E-state index contributed by atoms with van der Waals surface area (Å²) in [5, 5.41) is 2.95. The van der Waals surface area contributed by atoms with Gasteiger partial charge in [0.15, 0.2) is 5.13 Å². The summed E-state index contributed by atoms with van der Waals surface area (Å²) in [6.45, 7) is 2.16. The Morgan fingerprint density at radius 2 is 2.19 bits per heavy atom. The fraction of sp³-hybridized carbons (Fsp3) is 0.333. The first-order valence-electron chi connectivity index (χ1n) is 6.11. The van der Waals surface area contributed by atoms with Crippen LogP contribution in [0.1, 0.15) is 6.92 Å². The van der Waals surface area contributed by atoms with Gasteiger partial charge in [-0.2, -0.15) is 0 Å². The lowest BCUT2D eigenvalue weighted by atomic mass is 10.3. The highest BCUT2D eigenvalue weighted by atomic mass is 35.5. The topological polar surface area (TPSA) is 79.4 Å². The summed E-state index contributed by atoms with van der Waals surface area (Å²) in [4.78, 5) is 15.6. The Labute approximate surface area is 131 Å². The van der Waals surface area contributed by atoms with Crippen molar-refractivity contribution in [2.24, 2.45) is 0 Å². The normalized spacial score (nSPS) is 12.0. The smallest absolute Gasteiger partial charge is 0.242 e. The summed E-state index contributed by atoms with van der Waals surface area (Å²) in [7, 11) is -1.97. The van der Waals surface area contributed by atoms with Gasteiger partial charge < -0.3 is 5.32 Å². The molecule has 0 bridgehead atoms. The third-order valence-electron chi connectivity index (χ3n) is 2.88. The molecule has 1 heterocycles. The van der Waals surface area contributed by atoms with Crippen molar-refractivity contribution in [3.8, 4) is 0 Å². The quantitative estimate of drug-likeness (QED) is 0.840. The van der Waals surface area contributed by atoms with Gasteiger partial charge >= 0.3 is 0 Å². The van der Waals surface area contributed by atoms with Crippen LogP contribution in [0, 0.1) is 0 Å². The van der Waals surface area contributed by atoms with Crippen LogP contribution < -0.4 is 5.32 Å². The average Bonchev–Trinajstić information content (AvgIpc) is 2.87. The van der Waals surface area contributed by atoms with Crippen molar-refractivity contribution >= 4 is 54.2 Å². The number of carbonyl (C=O) groups is 1. The number of aromatic nitrogens is 1. The molecule has 0 saturated carbocycles. The first-order valence-corrected chi connectivity index (χ1v) is 8.90. The fourth-order valence-corrected chi connectivity index (χ4v) is 3.89. The van der Waals surface area contributed by atoms with Gasteiger partial charge in [0.1, 0.15) is 5.88 Å². The molecule has 0 radical (unpaired) electrons. The van der Waals surface area contributed by atoms with E-state index in [9.17, 15) is 13.2 Å². The van der Waals surface area contributed by atoms with Gasteiger partial charge in [-0.05, 0) is 18.2 Å². The average molecular weight is 348 g/mol. The van der Waals surface area contributed by atoms with E-state index in [1.54, 1.807) is 19.1 Å². The van der Waals surface area contributed by atoms with Gasteiger partial charge in [0.25, 0.3) is 0 Å². The van der Waals surface area contributed by atoms with Crippen LogP contribution in [0.4, 0.5) is 5.13 Å². The van der Waals surface area contributed by atoms with Crippen LogP contribution in [0.5, 0.6) is 0 Å². The van der Waals surface area contributed by atoms with E-state index in [1.165, 1.54) is 28.8 Å². The Morgan fingerprint density at radius 3 is 2.81 bits per heavy atom. The standard InChI is InChI=1S/C12H14ClN3O3S2/c1-3-16(2)21(18,19)8-4-5-9-10(6-8)20-12(14-9)15-11(17)7-13/h4-6H,3,7H2,1-2H3,(H,14,15,17). The molecule has 2 aromatic rings. The molecule has 1 N–H and O–H groups in total. The lowest BCUT2D eigenvalue weighted by Gasteiger charge is -2.14. The maximum Gasteiger partial charge on any atom is 0.242 e. The maximum absolute atomic E-state index is 12.3. The van der Waals surface area contributed by atoms with E-state index >= 15 is 0 Å². The van der Waals surface area contributed by atoms with Crippen LogP contribution >= 0.6 is 22.9 Å². The minimum atomic E-state index is -3.50. The van der Waals surface area contributed by atoms with Crippen molar-refractivity contribution in [1.82, 2.24) is 9.29 Å². The number of benzene rings is 1. The van der Waals surface area contributed by atoms with Crippen LogP contribution in [-0.4, -0.2) is 43.1 Å². The van der Waals surface area contributed by atoms with Crippen LogP contribution in [0.3, 0.4) is 0 Å². The van der Waals surface area contributed by atoms with Crippen LogP contribution in [0.2, 0.25) is 0 Å². The molecule has 6 nitrogen and oxygen atoms in total. The van der Waals surface area contributed by atoms with Crippen molar-refractivity contribution in [3.63, 3.8) is 0 Å². The summed E-state index contributed by atoms with van der Waals surface area (Å²) < 4.78 is 26.5. The summed E-state index contributed by atoms with van der Waals surface area (Å²) in [6.07, 6.45) is 0. The Balaban J connectivity index is 2.40. The van der Waals surface area contributed by atoms with Gasteiger partial charge in [-0.25, -0.2) is 17.7 Å². The molecule has 0 atom stereocenters. The molecule has 1 amide bonds. The number of halogens is 1. The highest BCUT2D eigenvalue weighted by Gasteiger charge is 2.20. The van der Waals surface area contributed by atoms with E-state index in [2.05, 4.69) is 10.3 Å². The zero-order valence-corrected chi connectivity index (χ0v) is 13.8. The number of fused-ring (bicyclic) bond motifs is 1. The highest BCUT2D eigenvalue weighted by molar-refractivity contribution is 7.89. The number of nitrogens with zero attached hydrogens (tertiary/aromatic N) is 2. The first kappa shape index (κ1) is 16.2. The van der Waals surface area contributed by atoms with Crippen LogP contribution in [0.15, 0.2) is 23.1 Å². The molecule has 0 saturated heterocycles. The molecule has 1 aromatic heterocycles. The molecular formula is C12H14ClN3O3S2. The molecule has 21 heavy (non-hydrogen) atoms. The van der Waals surface area contributed by atoms with E-state index in [-0.39, 0.29) is 16.7 Å². The van der Waals surface area contributed by atoms with Crippen molar-refractivity contribution in [2.45, 2.75) is 11.8 Å². The minimum Gasteiger partial charge on any atom is -0.301 e. The zero-order chi connectivity index (χ0) is 15.6. The predicted octanol–water partition coefficient (Wildman–Crippen LogP) is 2.11. The number of hydrogen-bond acceptors (Lipinski definition) is 5. The Bertz CT molecular complexity index is 773. The maximum atomic E-state index is 12.3. The SMILES string of the molecule is CCN(C)S(=O)(=O)c1ccc2nc(NC(=O)CCl)sc2c1. The van der Waals surface area contributed by atoms with Gasteiger partial charge in [-0.1, -0.05) is 18.3 Å². The van der Waals surface area contributed by atoms with Gasteiger partial charge in [0.05, 0.1) is 15.1 Å². The van der Waals surface area contributed by atoms with Gasteiger partial charge in [-0.15, -0.1) is 11.6 Å².